The maximum absolute atomic E-state index is 12.2. The van der Waals surface area contributed by atoms with Crippen molar-refractivity contribution in [1.82, 2.24) is 9.80 Å². The Labute approximate surface area is 121 Å². The Balaban J connectivity index is 1.88. The van der Waals surface area contributed by atoms with Gasteiger partial charge in [-0.15, -0.1) is 11.3 Å². The van der Waals surface area contributed by atoms with Crippen molar-refractivity contribution in [2.45, 2.75) is 25.3 Å². The fourth-order valence-electron chi connectivity index (χ4n) is 2.31. The third-order valence-electron chi connectivity index (χ3n) is 3.58. The Hall–Kier alpha value is -0.390. The minimum atomic E-state index is 0.235. The molecule has 0 unspecified atom stereocenters. The second-order valence-corrected chi connectivity index (χ2v) is 7.47. The van der Waals surface area contributed by atoms with Gasteiger partial charge < -0.3 is 9.80 Å². The lowest BCUT2D eigenvalue weighted by Crippen LogP contribution is -2.44. The zero-order valence-corrected chi connectivity index (χ0v) is 13.3. The largest absolute Gasteiger partial charge is 0.342 e. The summed E-state index contributed by atoms with van der Waals surface area (Å²) in [6.07, 6.45) is 2.71. The van der Waals surface area contributed by atoms with Gasteiger partial charge in [0.25, 0.3) is 0 Å². The first-order chi connectivity index (χ1) is 8.56. The van der Waals surface area contributed by atoms with E-state index in [-0.39, 0.29) is 5.91 Å². The van der Waals surface area contributed by atoms with E-state index < -0.39 is 0 Å². The molecule has 0 bridgehead atoms. The van der Waals surface area contributed by atoms with Gasteiger partial charge in [0.2, 0.25) is 5.91 Å². The number of thiophene rings is 1. The van der Waals surface area contributed by atoms with Crippen LogP contribution in [0.25, 0.3) is 0 Å². The van der Waals surface area contributed by atoms with Crippen molar-refractivity contribution in [1.29, 1.82) is 0 Å². The van der Waals surface area contributed by atoms with E-state index in [0.29, 0.717) is 12.5 Å². The summed E-state index contributed by atoms with van der Waals surface area (Å²) < 4.78 is 1.09. The molecule has 1 aromatic rings. The van der Waals surface area contributed by atoms with E-state index in [9.17, 15) is 4.79 Å². The van der Waals surface area contributed by atoms with Gasteiger partial charge in [-0.1, -0.05) is 0 Å². The molecule has 5 heteroatoms. The first-order valence-electron chi connectivity index (χ1n) is 6.24. The van der Waals surface area contributed by atoms with E-state index in [1.807, 2.05) is 24.1 Å². The molecule has 2 rings (SSSR count). The summed E-state index contributed by atoms with van der Waals surface area (Å²) in [6, 6.07) is 4.44. The first-order valence-corrected chi connectivity index (χ1v) is 7.85. The Bertz CT molecular complexity index is 413. The van der Waals surface area contributed by atoms with E-state index in [2.05, 4.69) is 27.9 Å². The van der Waals surface area contributed by atoms with Crippen molar-refractivity contribution >= 4 is 33.2 Å². The van der Waals surface area contributed by atoms with Crippen molar-refractivity contribution in [3.05, 3.63) is 20.8 Å². The van der Waals surface area contributed by atoms with Crippen LogP contribution in [-0.4, -0.2) is 48.9 Å². The van der Waals surface area contributed by atoms with Gasteiger partial charge in [0.05, 0.1) is 10.2 Å². The Morgan fingerprint density at radius 3 is 2.72 bits per heavy atom. The van der Waals surface area contributed by atoms with Crippen LogP contribution in [0.2, 0.25) is 0 Å². The minimum Gasteiger partial charge on any atom is -0.342 e. The molecular weight excluding hydrogens is 312 g/mol. The number of rotatable bonds is 3. The smallest absolute Gasteiger partial charge is 0.227 e. The maximum Gasteiger partial charge on any atom is 0.227 e. The number of halogens is 1. The number of likely N-dealkylation sites (tertiary alicyclic amines) is 1. The number of carbonyl (C=O) groups is 1. The highest BCUT2D eigenvalue weighted by atomic mass is 79.9. The molecule has 0 aliphatic carbocycles. The molecular formula is C13H19BrN2OS. The third-order valence-corrected chi connectivity index (χ3v) is 5.21. The van der Waals surface area contributed by atoms with Gasteiger partial charge in [-0.05, 0) is 61.0 Å². The fraction of sp³-hybridized carbons (Fsp3) is 0.615. The number of amides is 1. The molecule has 0 spiro atoms. The van der Waals surface area contributed by atoms with Gasteiger partial charge in [-0.3, -0.25) is 4.79 Å². The number of hydrogen-bond donors (Lipinski definition) is 0. The highest BCUT2D eigenvalue weighted by Gasteiger charge is 2.24. The van der Waals surface area contributed by atoms with Crippen LogP contribution in [0.1, 0.15) is 17.7 Å². The molecule has 1 aliphatic rings. The average molecular weight is 331 g/mol. The Morgan fingerprint density at radius 1 is 1.50 bits per heavy atom. The molecule has 1 saturated heterocycles. The normalized spacial score (nSPS) is 17.9. The van der Waals surface area contributed by atoms with Crippen LogP contribution in [-0.2, 0) is 11.2 Å². The summed E-state index contributed by atoms with van der Waals surface area (Å²) in [7, 11) is 4.09. The van der Waals surface area contributed by atoms with Gasteiger partial charge in [0.1, 0.15) is 0 Å². The lowest BCUT2D eigenvalue weighted by atomic mass is 10.0. The van der Waals surface area contributed by atoms with Crippen LogP contribution in [0.5, 0.6) is 0 Å². The number of carbonyl (C=O) groups excluding carboxylic acids is 1. The molecule has 0 radical (unpaired) electrons. The molecule has 1 aliphatic heterocycles. The van der Waals surface area contributed by atoms with E-state index in [0.717, 1.165) is 34.6 Å². The zero-order valence-electron chi connectivity index (χ0n) is 10.9. The number of likely N-dealkylation sites (N-methyl/N-ethyl adjacent to an activating group) is 1. The minimum absolute atomic E-state index is 0.235. The van der Waals surface area contributed by atoms with E-state index in [4.69, 9.17) is 0 Å². The van der Waals surface area contributed by atoms with Crippen LogP contribution < -0.4 is 0 Å². The molecule has 1 fully saturated rings. The second-order valence-electron chi connectivity index (χ2n) is 4.92. The predicted molar refractivity (Wildman–Crippen MR) is 79.0 cm³/mol. The predicted octanol–water partition coefficient (Wildman–Crippen LogP) is 2.61. The summed E-state index contributed by atoms with van der Waals surface area (Å²) in [5.74, 6) is 0.235. The van der Waals surface area contributed by atoms with E-state index >= 15 is 0 Å². The van der Waals surface area contributed by atoms with Crippen molar-refractivity contribution in [2.75, 3.05) is 27.2 Å². The van der Waals surface area contributed by atoms with Crippen LogP contribution in [0, 0.1) is 0 Å². The SMILES string of the molecule is CN1CCC(N(C)C(=O)Cc2ccc(Br)s2)CC1. The quantitative estimate of drug-likeness (QED) is 0.850. The fourth-order valence-corrected chi connectivity index (χ4v) is 3.78. The molecule has 0 saturated carbocycles. The van der Waals surface area contributed by atoms with Gasteiger partial charge in [-0.2, -0.15) is 0 Å². The first kappa shape index (κ1) is 14.0. The highest BCUT2D eigenvalue weighted by Crippen LogP contribution is 2.23. The number of piperidine rings is 1. The lowest BCUT2D eigenvalue weighted by Gasteiger charge is -2.35. The van der Waals surface area contributed by atoms with E-state index in [1.54, 1.807) is 11.3 Å². The van der Waals surface area contributed by atoms with Crippen LogP contribution in [0.4, 0.5) is 0 Å². The average Bonchev–Trinajstić information content (AvgIpc) is 2.75. The summed E-state index contributed by atoms with van der Waals surface area (Å²) in [5, 5.41) is 0. The van der Waals surface area contributed by atoms with Crippen molar-refractivity contribution in [2.24, 2.45) is 0 Å². The van der Waals surface area contributed by atoms with Crippen LogP contribution >= 0.6 is 27.3 Å². The molecule has 1 amide bonds. The van der Waals surface area contributed by atoms with E-state index in [1.165, 1.54) is 0 Å². The third kappa shape index (κ3) is 3.56. The van der Waals surface area contributed by atoms with Crippen molar-refractivity contribution in [3.8, 4) is 0 Å². The van der Waals surface area contributed by atoms with Crippen molar-refractivity contribution in [3.63, 3.8) is 0 Å². The standard InChI is InChI=1S/C13H19BrN2OS/c1-15-7-5-10(6-8-15)16(2)13(17)9-11-3-4-12(14)18-11/h3-4,10H,5-9H2,1-2H3. The van der Waals surface area contributed by atoms with Crippen LogP contribution in [0.3, 0.4) is 0 Å². The lowest BCUT2D eigenvalue weighted by molar-refractivity contribution is -0.132. The monoisotopic (exact) mass is 330 g/mol. The highest BCUT2D eigenvalue weighted by molar-refractivity contribution is 9.11. The van der Waals surface area contributed by atoms with Gasteiger partial charge >= 0.3 is 0 Å². The van der Waals surface area contributed by atoms with Gasteiger partial charge in [0, 0.05) is 18.0 Å². The van der Waals surface area contributed by atoms with Crippen LogP contribution in [0.15, 0.2) is 15.9 Å². The van der Waals surface area contributed by atoms with Gasteiger partial charge in [-0.25, -0.2) is 0 Å². The second kappa shape index (κ2) is 6.17. The molecule has 0 aromatic carbocycles. The summed E-state index contributed by atoms with van der Waals surface area (Å²) in [4.78, 5) is 17.6. The summed E-state index contributed by atoms with van der Waals surface area (Å²) in [6.45, 7) is 2.18. The molecule has 3 nitrogen and oxygen atoms in total. The summed E-state index contributed by atoms with van der Waals surface area (Å²) in [5.41, 5.74) is 0. The molecule has 0 N–H and O–H groups in total. The van der Waals surface area contributed by atoms with Gasteiger partial charge in [0.15, 0.2) is 0 Å². The summed E-state index contributed by atoms with van der Waals surface area (Å²) >= 11 is 5.07. The topological polar surface area (TPSA) is 23.6 Å². The molecule has 18 heavy (non-hydrogen) atoms. The Kier molecular flexibility index (Phi) is 4.81. The molecule has 2 heterocycles. The van der Waals surface area contributed by atoms with Crippen molar-refractivity contribution < 1.29 is 4.79 Å². The molecule has 100 valence electrons. The maximum atomic E-state index is 12.2. The number of hydrogen-bond acceptors (Lipinski definition) is 3. The molecule has 1 aromatic heterocycles. The zero-order chi connectivity index (χ0) is 13.1. The molecule has 0 atom stereocenters. The Morgan fingerprint density at radius 2 is 2.17 bits per heavy atom. The number of nitrogens with zero attached hydrogens (tertiary/aromatic N) is 2.